The van der Waals surface area contributed by atoms with Crippen LogP contribution in [0.2, 0.25) is 0 Å². The van der Waals surface area contributed by atoms with E-state index in [2.05, 4.69) is 17.2 Å². The highest BCUT2D eigenvalue weighted by Gasteiger charge is 2.09. The summed E-state index contributed by atoms with van der Waals surface area (Å²) in [7, 11) is 0. The van der Waals surface area contributed by atoms with E-state index in [0.29, 0.717) is 18.1 Å². The van der Waals surface area contributed by atoms with E-state index in [1.807, 2.05) is 6.92 Å². The van der Waals surface area contributed by atoms with E-state index in [0.717, 1.165) is 0 Å². The number of likely N-dealkylation sites (N-methyl/N-ethyl adjacent to an activating group) is 1. The molecule has 0 aromatic carbocycles. The van der Waals surface area contributed by atoms with Crippen molar-refractivity contribution >= 4 is 17.5 Å². The Morgan fingerprint density at radius 3 is 2.67 bits per heavy atom. The Labute approximate surface area is 78.2 Å². The first-order valence-electron chi connectivity index (χ1n) is 3.92. The van der Waals surface area contributed by atoms with Gasteiger partial charge < -0.3 is 10.6 Å². The normalized spacial score (nSPS) is 12.2. The van der Waals surface area contributed by atoms with Crippen molar-refractivity contribution in [2.75, 3.05) is 13.1 Å². The third-order valence-corrected chi connectivity index (χ3v) is 1.48. The summed E-state index contributed by atoms with van der Waals surface area (Å²) < 4.78 is 0. The minimum Gasteiger partial charge on any atom is -0.355 e. The molecule has 0 radical (unpaired) electrons. The zero-order valence-electron chi connectivity index (χ0n) is 7.48. The SMILES string of the molecule is C=C(Cl)CNC(C)C(=O)NCC. The van der Waals surface area contributed by atoms with Crippen molar-refractivity contribution in [3.05, 3.63) is 11.6 Å². The number of nitrogens with one attached hydrogen (secondary N) is 2. The van der Waals surface area contributed by atoms with Crippen LogP contribution in [0.5, 0.6) is 0 Å². The van der Waals surface area contributed by atoms with Gasteiger partial charge in [-0.15, -0.1) is 0 Å². The molecule has 4 heteroatoms. The van der Waals surface area contributed by atoms with Crippen molar-refractivity contribution in [1.82, 2.24) is 10.6 Å². The molecule has 0 saturated carbocycles. The summed E-state index contributed by atoms with van der Waals surface area (Å²) in [5.74, 6) is -0.0181. The van der Waals surface area contributed by atoms with E-state index in [-0.39, 0.29) is 11.9 Å². The van der Waals surface area contributed by atoms with Crippen LogP contribution in [0, 0.1) is 0 Å². The van der Waals surface area contributed by atoms with Gasteiger partial charge in [-0.3, -0.25) is 4.79 Å². The van der Waals surface area contributed by atoms with Gasteiger partial charge in [0.15, 0.2) is 0 Å². The van der Waals surface area contributed by atoms with Crippen LogP contribution < -0.4 is 10.6 Å². The van der Waals surface area contributed by atoms with Gasteiger partial charge in [-0.25, -0.2) is 0 Å². The van der Waals surface area contributed by atoms with Gasteiger partial charge in [-0.05, 0) is 13.8 Å². The van der Waals surface area contributed by atoms with Crippen molar-refractivity contribution in [3.63, 3.8) is 0 Å². The van der Waals surface area contributed by atoms with Gasteiger partial charge in [0.2, 0.25) is 5.91 Å². The molecule has 3 nitrogen and oxygen atoms in total. The van der Waals surface area contributed by atoms with Gasteiger partial charge in [0.25, 0.3) is 0 Å². The molecular weight excluding hydrogens is 176 g/mol. The quantitative estimate of drug-likeness (QED) is 0.675. The number of rotatable bonds is 5. The molecular formula is C8H15ClN2O. The molecule has 0 heterocycles. The highest BCUT2D eigenvalue weighted by Crippen LogP contribution is 1.93. The molecule has 0 aliphatic carbocycles. The summed E-state index contributed by atoms with van der Waals surface area (Å²) in [6, 6.07) is -0.222. The second-order valence-corrected chi connectivity index (χ2v) is 3.05. The Kier molecular flexibility index (Phi) is 5.76. The maximum absolute atomic E-state index is 11.1. The van der Waals surface area contributed by atoms with Crippen LogP contribution in [-0.4, -0.2) is 25.0 Å². The summed E-state index contributed by atoms with van der Waals surface area (Å²) in [4.78, 5) is 11.1. The van der Waals surface area contributed by atoms with Crippen LogP contribution in [0.15, 0.2) is 11.6 Å². The summed E-state index contributed by atoms with van der Waals surface area (Å²) >= 11 is 5.51. The second kappa shape index (κ2) is 6.03. The molecule has 0 aliphatic rings. The standard InChI is InChI=1S/C8H15ClN2O/c1-4-10-8(12)7(3)11-5-6(2)9/h7,11H,2,4-5H2,1,3H3,(H,10,12). The summed E-state index contributed by atoms with van der Waals surface area (Å²) in [6.45, 7) is 8.27. The molecule has 1 amide bonds. The highest BCUT2D eigenvalue weighted by atomic mass is 35.5. The van der Waals surface area contributed by atoms with Crippen molar-refractivity contribution in [3.8, 4) is 0 Å². The lowest BCUT2D eigenvalue weighted by atomic mass is 10.3. The molecule has 0 bridgehead atoms. The van der Waals surface area contributed by atoms with Crippen molar-refractivity contribution < 1.29 is 4.79 Å². The van der Waals surface area contributed by atoms with Gasteiger partial charge >= 0.3 is 0 Å². The number of amides is 1. The predicted molar refractivity (Wildman–Crippen MR) is 51.1 cm³/mol. The van der Waals surface area contributed by atoms with Crippen molar-refractivity contribution in [2.24, 2.45) is 0 Å². The third-order valence-electron chi connectivity index (χ3n) is 1.34. The summed E-state index contributed by atoms with van der Waals surface area (Å²) in [6.07, 6.45) is 0. The summed E-state index contributed by atoms with van der Waals surface area (Å²) in [5, 5.41) is 6.12. The number of carbonyl (C=O) groups is 1. The predicted octanol–water partition coefficient (Wildman–Crippen LogP) is 0.853. The molecule has 0 aromatic heterocycles. The lowest BCUT2D eigenvalue weighted by Crippen LogP contribution is -2.42. The first-order chi connectivity index (χ1) is 5.57. The molecule has 2 N–H and O–H groups in total. The van der Waals surface area contributed by atoms with E-state index in [1.54, 1.807) is 6.92 Å². The Morgan fingerprint density at radius 2 is 2.25 bits per heavy atom. The van der Waals surface area contributed by atoms with Crippen LogP contribution in [0.25, 0.3) is 0 Å². The second-order valence-electron chi connectivity index (χ2n) is 2.51. The monoisotopic (exact) mass is 190 g/mol. The average molecular weight is 191 g/mol. The zero-order valence-corrected chi connectivity index (χ0v) is 8.24. The first-order valence-corrected chi connectivity index (χ1v) is 4.30. The minimum absolute atomic E-state index is 0.0181. The Morgan fingerprint density at radius 1 is 1.67 bits per heavy atom. The van der Waals surface area contributed by atoms with E-state index in [9.17, 15) is 4.79 Å². The summed E-state index contributed by atoms with van der Waals surface area (Å²) in [5.41, 5.74) is 0. The van der Waals surface area contributed by atoms with Gasteiger partial charge in [0.05, 0.1) is 6.04 Å². The fraction of sp³-hybridized carbons (Fsp3) is 0.625. The maximum Gasteiger partial charge on any atom is 0.236 e. The van der Waals surface area contributed by atoms with Crippen molar-refractivity contribution in [1.29, 1.82) is 0 Å². The van der Waals surface area contributed by atoms with Crippen LogP contribution in [0.1, 0.15) is 13.8 Å². The molecule has 0 aliphatic heterocycles. The Hall–Kier alpha value is -0.540. The maximum atomic E-state index is 11.1. The van der Waals surface area contributed by atoms with Crippen LogP contribution in [0.4, 0.5) is 0 Å². The highest BCUT2D eigenvalue weighted by molar-refractivity contribution is 6.29. The third kappa shape index (κ3) is 5.16. The Bertz CT molecular complexity index is 170. The lowest BCUT2D eigenvalue weighted by molar-refractivity contribution is -0.122. The van der Waals surface area contributed by atoms with Gasteiger partial charge in [0.1, 0.15) is 0 Å². The fourth-order valence-electron chi connectivity index (χ4n) is 0.684. The molecule has 70 valence electrons. The van der Waals surface area contributed by atoms with Gasteiger partial charge in [-0.2, -0.15) is 0 Å². The molecule has 0 rings (SSSR count). The zero-order chi connectivity index (χ0) is 9.56. The smallest absolute Gasteiger partial charge is 0.236 e. The number of carbonyl (C=O) groups excluding carboxylic acids is 1. The molecule has 12 heavy (non-hydrogen) atoms. The van der Waals surface area contributed by atoms with Gasteiger partial charge in [0, 0.05) is 18.1 Å². The fourth-order valence-corrected chi connectivity index (χ4v) is 0.761. The van der Waals surface area contributed by atoms with Crippen molar-refractivity contribution in [2.45, 2.75) is 19.9 Å². The minimum atomic E-state index is -0.222. The average Bonchev–Trinajstić information content (AvgIpc) is 2.00. The molecule has 0 fully saturated rings. The molecule has 1 atom stereocenters. The van der Waals surface area contributed by atoms with E-state index in [1.165, 1.54) is 0 Å². The van der Waals surface area contributed by atoms with E-state index >= 15 is 0 Å². The topological polar surface area (TPSA) is 41.1 Å². The van der Waals surface area contributed by atoms with E-state index in [4.69, 9.17) is 11.6 Å². The number of halogens is 1. The molecule has 0 aromatic rings. The number of hydrogen-bond donors (Lipinski definition) is 2. The van der Waals surface area contributed by atoms with E-state index < -0.39 is 0 Å². The molecule has 0 saturated heterocycles. The van der Waals surface area contributed by atoms with Gasteiger partial charge in [-0.1, -0.05) is 18.2 Å². The number of hydrogen-bond acceptors (Lipinski definition) is 2. The largest absolute Gasteiger partial charge is 0.355 e. The molecule has 0 spiro atoms. The van der Waals surface area contributed by atoms with Crippen LogP contribution >= 0.6 is 11.6 Å². The lowest BCUT2D eigenvalue weighted by Gasteiger charge is -2.11. The first kappa shape index (κ1) is 11.5. The Balaban J connectivity index is 3.63. The van der Waals surface area contributed by atoms with Crippen LogP contribution in [0.3, 0.4) is 0 Å². The van der Waals surface area contributed by atoms with Crippen LogP contribution in [-0.2, 0) is 4.79 Å². The molecule has 1 unspecified atom stereocenters.